The molecule has 0 aliphatic carbocycles. The molecule has 1 heterocycles. The fourth-order valence-electron chi connectivity index (χ4n) is 2.82. The number of urea groups is 1. The Balaban J connectivity index is 2.06. The molecule has 8 nitrogen and oxygen atoms in total. The molecule has 2 rings (SSSR count). The van der Waals surface area contributed by atoms with Crippen molar-refractivity contribution < 1.29 is 18.0 Å². The highest BCUT2D eigenvalue weighted by Crippen LogP contribution is 2.29. The van der Waals surface area contributed by atoms with Gasteiger partial charge in [-0.05, 0) is 50.2 Å². The summed E-state index contributed by atoms with van der Waals surface area (Å²) in [6, 6.07) is 6.10. The summed E-state index contributed by atoms with van der Waals surface area (Å²) in [5, 5.41) is 11.0. The Morgan fingerprint density at radius 1 is 1.15 bits per heavy atom. The molecule has 26 heavy (non-hydrogen) atoms. The van der Waals surface area contributed by atoms with Crippen molar-refractivity contribution in [3.05, 3.63) is 36.9 Å². The van der Waals surface area contributed by atoms with E-state index in [0.717, 1.165) is 6.26 Å². The number of carbonyl (C=O) groups excluding carboxylic acids is 2. The maximum absolute atomic E-state index is 12.7. The summed E-state index contributed by atoms with van der Waals surface area (Å²) in [7, 11) is -3.57. The molecule has 0 unspecified atom stereocenters. The van der Waals surface area contributed by atoms with E-state index in [1.165, 1.54) is 0 Å². The number of sulfone groups is 1. The zero-order chi connectivity index (χ0) is 19.2. The first-order valence-corrected chi connectivity index (χ1v) is 10.2. The van der Waals surface area contributed by atoms with Gasteiger partial charge >= 0.3 is 6.03 Å². The number of amides is 3. The van der Waals surface area contributed by atoms with E-state index < -0.39 is 20.5 Å². The van der Waals surface area contributed by atoms with Gasteiger partial charge in [0.25, 0.3) is 0 Å². The fraction of sp³-hybridized carbons (Fsp3) is 0.412. The predicted molar refractivity (Wildman–Crippen MR) is 102 cm³/mol. The van der Waals surface area contributed by atoms with Crippen LogP contribution in [0.1, 0.15) is 12.8 Å². The van der Waals surface area contributed by atoms with Crippen LogP contribution >= 0.6 is 0 Å². The molecule has 0 spiro atoms. The highest BCUT2D eigenvalue weighted by molar-refractivity contribution is 7.92. The van der Waals surface area contributed by atoms with Crippen molar-refractivity contribution in [2.24, 2.45) is 0 Å². The summed E-state index contributed by atoms with van der Waals surface area (Å²) in [5.74, 6) is -0.522. The van der Waals surface area contributed by atoms with E-state index in [9.17, 15) is 18.0 Å². The largest absolute Gasteiger partial charge is 0.334 e. The van der Waals surface area contributed by atoms with Crippen LogP contribution in [0.3, 0.4) is 0 Å². The van der Waals surface area contributed by atoms with Gasteiger partial charge < -0.3 is 21.3 Å². The van der Waals surface area contributed by atoms with Gasteiger partial charge in [0.15, 0.2) is 14.6 Å². The predicted octanol–water partition coefficient (Wildman–Crippen LogP) is 1.10. The second-order valence-corrected chi connectivity index (χ2v) is 8.50. The molecule has 1 aliphatic rings. The van der Waals surface area contributed by atoms with Gasteiger partial charge in [-0.1, -0.05) is 6.08 Å². The van der Waals surface area contributed by atoms with Crippen molar-refractivity contribution in [2.75, 3.05) is 36.5 Å². The number of carbonyl (C=O) groups is 2. The summed E-state index contributed by atoms with van der Waals surface area (Å²) in [5.41, 5.74) is 1.01. The van der Waals surface area contributed by atoms with Crippen molar-refractivity contribution >= 4 is 33.2 Å². The van der Waals surface area contributed by atoms with Crippen molar-refractivity contribution in [2.45, 2.75) is 17.6 Å². The molecule has 0 bridgehead atoms. The van der Waals surface area contributed by atoms with Crippen LogP contribution in [0.4, 0.5) is 16.2 Å². The van der Waals surface area contributed by atoms with Gasteiger partial charge in [-0.3, -0.25) is 4.79 Å². The third kappa shape index (κ3) is 4.61. The quantitative estimate of drug-likeness (QED) is 0.552. The third-order valence-corrected chi connectivity index (χ3v) is 6.36. The van der Waals surface area contributed by atoms with E-state index in [1.807, 2.05) is 0 Å². The lowest BCUT2D eigenvalue weighted by atomic mass is 9.95. The van der Waals surface area contributed by atoms with Crippen molar-refractivity contribution in [1.82, 2.24) is 10.6 Å². The normalized spacial score (nSPS) is 16.3. The highest BCUT2D eigenvalue weighted by Gasteiger charge is 2.48. The van der Waals surface area contributed by atoms with Crippen LogP contribution < -0.4 is 21.3 Å². The second kappa shape index (κ2) is 8.33. The molecule has 1 aromatic carbocycles. The smallest absolute Gasteiger partial charge is 0.319 e. The minimum absolute atomic E-state index is 0.237. The first-order valence-electron chi connectivity index (χ1n) is 8.26. The minimum Gasteiger partial charge on any atom is -0.334 e. The summed E-state index contributed by atoms with van der Waals surface area (Å²) in [6.07, 6.45) is 3.14. The molecule has 3 amide bonds. The standard InChI is InChI=1S/C17H24N4O4S/c1-3-10-19-16(23)21-14-6-4-13(5-7-14)20-15(22)17(26(2,24)25)8-11-18-12-9-17/h3-7,18H,1,8-12H2,2H3,(H,20,22)(H2,19,21,23). The molecular formula is C17H24N4O4S. The summed E-state index contributed by atoms with van der Waals surface area (Å²) in [6.45, 7) is 4.81. The third-order valence-electron chi connectivity index (χ3n) is 4.34. The summed E-state index contributed by atoms with van der Waals surface area (Å²) >= 11 is 0. The van der Waals surface area contributed by atoms with Crippen LogP contribution in [-0.4, -0.2) is 51.0 Å². The van der Waals surface area contributed by atoms with Gasteiger partial charge in [0.05, 0.1) is 0 Å². The topological polar surface area (TPSA) is 116 Å². The Kier molecular flexibility index (Phi) is 6.38. The van der Waals surface area contributed by atoms with E-state index in [2.05, 4.69) is 27.8 Å². The molecule has 0 atom stereocenters. The lowest BCUT2D eigenvalue weighted by Crippen LogP contribution is -2.55. The van der Waals surface area contributed by atoms with Gasteiger partial charge in [0.1, 0.15) is 0 Å². The van der Waals surface area contributed by atoms with Crippen LogP contribution in [-0.2, 0) is 14.6 Å². The molecule has 0 saturated carbocycles. The van der Waals surface area contributed by atoms with E-state index in [0.29, 0.717) is 31.0 Å². The van der Waals surface area contributed by atoms with Crippen LogP contribution in [0.25, 0.3) is 0 Å². The Hall–Kier alpha value is -2.39. The Morgan fingerprint density at radius 2 is 1.69 bits per heavy atom. The fourth-order valence-corrected chi connectivity index (χ4v) is 4.15. The summed E-state index contributed by atoms with van der Waals surface area (Å²) < 4.78 is 23.1. The Bertz CT molecular complexity index is 768. The SMILES string of the molecule is C=CCNC(=O)Nc1ccc(NC(=O)C2(S(C)(=O)=O)CCNCC2)cc1. The maximum atomic E-state index is 12.7. The van der Waals surface area contributed by atoms with Crippen LogP contribution in [0.2, 0.25) is 0 Å². The molecular weight excluding hydrogens is 356 g/mol. The molecule has 4 N–H and O–H groups in total. The summed E-state index contributed by atoms with van der Waals surface area (Å²) in [4.78, 5) is 24.3. The van der Waals surface area contributed by atoms with Crippen molar-refractivity contribution in [3.8, 4) is 0 Å². The number of hydrogen-bond acceptors (Lipinski definition) is 5. The lowest BCUT2D eigenvalue weighted by Gasteiger charge is -2.34. The Morgan fingerprint density at radius 3 is 2.19 bits per heavy atom. The van der Waals surface area contributed by atoms with Gasteiger partial charge in [-0.2, -0.15) is 0 Å². The lowest BCUT2D eigenvalue weighted by molar-refractivity contribution is -0.119. The minimum atomic E-state index is -3.57. The van der Waals surface area contributed by atoms with E-state index in [-0.39, 0.29) is 18.9 Å². The maximum Gasteiger partial charge on any atom is 0.319 e. The van der Waals surface area contributed by atoms with E-state index >= 15 is 0 Å². The molecule has 9 heteroatoms. The van der Waals surface area contributed by atoms with Gasteiger partial charge in [0.2, 0.25) is 5.91 Å². The van der Waals surface area contributed by atoms with Crippen molar-refractivity contribution in [1.29, 1.82) is 0 Å². The highest BCUT2D eigenvalue weighted by atomic mass is 32.2. The molecule has 0 radical (unpaired) electrons. The molecule has 1 aromatic rings. The molecule has 1 aliphatic heterocycles. The van der Waals surface area contributed by atoms with Crippen LogP contribution in [0.15, 0.2) is 36.9 Å². The Labute approximate surface area is 153 Å². The van der Waals surface area contributed by atoms with Crippen molar-refractivity contribution in [3.63, 3.8) is 0 Å². The van der Waals surface area contributed by atoms with E-state index in [1.54, 1.807) is 30.3 Å². The first kappa shape index (κ1) is 19.9. The van der Waals surface area contributed by atoms with Crippen LogP contribution in [0.5, 0.6) is 0 Å². The second-order valence-electron chi connectivity index (χ2n) is 6.17. The first-order chi connectivity index (χ1) is 12.3. The number of rotatable bonds is 6. The number of nitrogens with one attached hydrogen (secondary N) is 4. The van der Waals surface area contributed by atoms with Gasteiger partial charge in [-0.15, -0.1) is 6.58 Å². The average Bonchev–Trinajstić information content (AvgIpc) is 2.61. The zero-order valence-electron chi connectivity index (χ0n) is 14.7. The zero-order valence-corrected chi connectivity index (χ0v) is 15.5. The van der Waals surface area contributed by atoms with E-state index in [4.69, 9.17) is 0 Å². The van der Waals surface area contributed by atoms with Crippen LogP contribution in [0, 0.1) is 0 Å². The average molecular weight is 380 g/mol. The molecule has 1 fully saturated rings. The molecule has 142 valence electrons. The number of benzene rings is 1. The van der Waals surface area contributed by atoms with Gasteiger partial charge in [-0.25, -0.2) is 13.2 Å². The van der Waals surface area contributed by atoms with Gasteiger partial charge in [0, 0.05) is 24.2 Å². The molecule has 1 saturated heterocycles. The number of hydrogen-bond donors (Lipinski definition) is 4. The number of anilines is 2. The number of piperidine rings is 1. The molecule has 0 aromatic heterocycles. The monoisotopic (exact) mass is 380 g/mol.